The first-order valence-electron chi connectivity index (χ1n) is 7.75. The van der Waals surface area contributed by atoms with Gasteiger partial charge in [0.25, 0.3) is 5.91 Å². The van der Waals surface area contributed by atoms with Crippen LogP contribution in [-0.4, -0.2) is 72.7 Å². The van der Waals surface area contributed by atoms with Crippen LogP contribution in [0, 0.1) is 5.82 Å². The molecule has 2 rings (SSSR count). The number of morpholine rings is 1. The Kier molecular flexibility index (Phi) is 6.19. The van der Waals surface area contributed by atoms with Gasteiger partial charge in [-0.25, -0.2) is 4.39 Å². The van der Waals surface area contributed by atoms with Crippen molar-refractivity contribution in [2.75, 3.05) is 39.8 Å². The second-order valence-electron chi connectivity index (χ2n) is 6.06. The van der Waals surface area contributed by atoms with Gasteiger partial charge in [0.15, 0.2) is 0 Å². The molecule has 1 aliphatic rings. The van der Waals surface area contributed by atoms with Gasteiger partial charge in [0, 0.05) is 25.2 Å². The van der Waals surface area contributed by atoms with Crippen molar-refractivity contribution >= 4 is 11.9 Å². The fourth-order valence-electron chi connectivity index (χ4n) is 2.72. The van der Waals surface area contributed by atoms with Crippen LogP contribution >= 0.6 is 0 Å². The average molecular weight is 378 g/mol. The van der Waals surface area contributed by atoms with Gasteiger partial charge in [-0.15, -0.1) is 0 Å². The monoisotopic (exact) mass is 378 g/mol. The van der Waals surface area contributed by atoms with Gasteiger partial charge in [0.1, 0.15) is 5.82 Å². The number of halogens is 4. The molecule has 0 saturated carbocycles. The number of ether oxygens (including phenoxy) is 1. The van der Waals surface area contributed by atoms with Gasteiger partial charge in [-0.3, -0.25) is 14.5 Å². The minimum absolute atomic E-state index is 0.0701. The zero-order chi connectivity index (χ0) is 19.5. The van der Waals surface area contributed by atoms with Crippen LogP contribution in [0.15, 0.2) is 18.2 Å². The van der Waals surface area contributed by atoms with E-state index in [0.717, 1.165) is 6.07 Å². The number of likely N-dealkylation sites (N-methyl/N-ethyl adjacent to an activating group) is 1. The molecule has 1 fully saturated rings. The van der Waals surface area contributed by atoms with Crippen molar-refractivity contribution in [2.24, 2.45) is 0 Å². The number of carbonyl (C=O) groups excluding carboxylic acids is 1. The lowest BCUT2D eigenvalue weighted by molar-refractivity contribution is -0.139. The van der Waals surface area contributed by atoms with Crippen LogP contribution in [0.3, 0.4) is 0 Å². The van der Waals surface area contributed by atoms with E-state index in [1.54, 1.807) is 7.05 Å². The minimum Gasteiger partial charge on any atom is -0.480 e. The number of aliphatic carboxylic acids is 1. The predicted molar refractivity (Wildman–Crippen MR) is 82.2 cm³/mol. The predicted octanol–water partition coefficient (Wildman–Crippen LogP) is 1.70. The number of nitrogens with zero attached hydrogens (tertiary/aromatic N) is 2. The Morgan fingerprint density at radius 1 is 1.35 bits per heavy atom. The Balaban J connectivity index is 2.09. The molecular formula is C16H18F4N2O4. The van der Waals surface area contributed by atoms with Gasteiger partial charge in [-0.2, -0.15) is 13.2 Å². The van der Waals surface area contributed by atoms with E-state index >= 15 is 0 Å². The quantitative estimate of drug-likeness (QED) is 0.790. The molecular weight excluding hydrogens is 360 g/mol. The summed E-state index contributed by atoms with van der Waals surface area (Å²) in [5, 5.41) is 8.75. The third kappa shape index (κ3) is 5.40. The first kappa shape index (κ1) is 20.1. The Morgan fingerprint density at radius 2 is 2.04 bits per heavy atom. The Bertz CT molecular complexity index is 681. The second-order valence-corrected chi connectivity index (χ2v) is 6.06. The van der Waals surface area contributed by atoms with E-state index in [9.17, 15) is 27.2 Å². The largest absolute Gasteiger partial charge is 0.480 e. The molecule has 1 aliphatic heterocycles. The lowest BCUT2D eigenvalue weighted by atomic mass is 10.1. The van der Waals surface area contributed by atoms with Crippen LogP contribution in [-0.2, 0) is 15.7 Å². The number of carboxylic acid groups (broad SMARTS) is 1. The highest BCUT2D eigenvalue weighted by Gasteiger charge is 2.33. The van der Waals surface area contributed by atoms with Crippen molar-refractivity contribution in [1.82, 2.24) is 9.80 Å². The molecule has 1 heterocycles. The molecule has 1 atom stereocenters. The number of benzene rings is 1. The van der Waals surface area contributed by atoms with E-state index in [1.165, 1.54) is 9.80 Å². The molecule has 10 heteroatoms. The molecule has 0 bridgehead atoms. The smallest absolute Gasteiger partial charge is 0.416 e. The number of amides is 1. The number of carboxylic acids is 1. The van der Waals surface area contributed by atoms with Crippen LogP contribution in [0.5, 0.6) is 0 Å². The summed E-state index contributed by atoms with van der Waals surface area (Å²) in [6, 6.07) is 1.71. The summed E-state index contributed by atoms with van der Waals surface area (Å²) >= 11 is 0. The fourth-order valence-corrected chi connectivity index (χ4v) is 2.72. The summed E-state index contributed by atoms with van der Waals surface area (Å²) in [7, 11) is 1.57. The van der Waals surface area contributed by atoms with Crippen LogP contribution in [0.1, 0.15) is 15.9 Å². The van der Waals surface area contributed by atoms with Crippen molar-refractivity contribution < 1.29 is 37.0 Å². The summed E-state index contributed by atoms with van der Waals surface area (Å²) < 4.78 is 57.4. The van der Waals surface area contributed by atoms with E-state index in [0.29, 0.717) is 12.1 Å². The van der Waals surface area contributed by atoms with Crippen molar-refractivity contribution in [3.05, 3.63) is 35.1 Å². The molecule has 0 aliphatic carbocycles. The summed E-state index contributed by atoms with van der Waals surface area (Å²) in [5.41, 5.74) is -1.62. The molecule has 26 heavy (non-hydrogen) atoms. The highest BCUT2D eigenvalue weighted by molar-refractivity contribution is 5.94. The molecule has 1 amide bonds. The highest BCUT2D eigenvalue weighted by Crippen LogP contribution is 2.30. The normalized spacial score (nSPS) is 18.2. The molecule has 1 aromatic rings. The summed E-state index contributed by atoms with van der Waals surface area (Å²) in [5.74, 6) is -2.89. The van der Waals surface area contributed by atoms with Gasteiger partial charge in [0.05, 0.1) is 24.8 Å². The molecule has 1 aromatic carbocycles. The summed E-state index contributed by atoms with van der Waals surface area (Å²) in [6.07, 6.45) is -5.25. The molecule has 144 valence electrons. The summed E-state index contributed by atoms with van der Waals surface area (Å²) in [4.78, 5) is 25.9. The zero-order valence-corrected chi connectivity index (χ0v) is 13.9. The Labute approximate surface area is 146 Å². The molecule has 1 N–H and O–H groups in total. The number of hydrogen-bond acceptors (Lipinski definition) is 4. The van der Waals surface area contributed by atoms with E-state index in [-0.39, 0.29) is 32.8 Å². The Hall–Kier alpha value is -2.20. The van der Waals surface area contributed by atoms with Gasteiger partial charge in [-0.05, 0) is 25.2 Å². The van der Waals surface area contributed by atoms with E-state index in [2.05, 4.69) is 0 Å². The third-order valence-electron chi connectivity index (χ3n) is 3.82. The van der Waals surface area contributed by atoms with Crippen molar-refractivity contribution in [3.8, 4) is 0 Å². The van der Waals surface area contributed by atoms with Gasteiger partial charge in [0.2, 0.25) is 0 Å². The second kappa shape index (κ2) is 8.00. The molecule has 0 radical (unpaired) electrons. The fraction of sp³-hybridized carbons (Fsp3) is 0.500. The molecule has 6 nitrogen and oxygen atoms in total. The molecule has 0 spiro atoms. The average Bonchev–Trinajstić information content (AvgIpc) is 2.52. The van der Waals surface area contributed by atoms with E-state index in [4.69, 9.17) is 9.84 Å². The standard InChI is InChI=1S/C16H18F4N2O4/c1-21(9-14(23)24)7-13-8-22(2-3-26-13)15(25)10-4-11(16(18,19)20)6-12(17)5-10/h4-6,13H,2-3,7-9H2,1H3,(H,23,24)/t13-/m0/s1. The lowest BCUT2D eigenvalue weighted by Gasteiger charge is -2.34. The van der Waals surface area contributed by atoms with Gasteiger partial charge in [-0.1, -0.05) is 0 Å². The maximum atomic E-state index is 13.5. The first-order chi connectivity index (χ1) is 12.1. The summed E-state index contributed by atoms with van der Waals surface area (Å²) in [6.45, 7) is 0.384. The molecule has 0 unspecified atom stereocenters. The van der Waals surface area contributed by atoms with Gasteiger partial charge < -0.3 is 14.7 Å². The minimum atomic E-state index is -4.76. The lowest BCUT2D eigenvalue weighted by Crippen LogP contribution is -2.49. The maximum Gasteiger partial charge on any atom is 0.416 e. The van der Waals surface area contributed by atoms with Crippen molar-refractivity contribution in [1.29, 1.82) is 0 Å². The third-order valence-corrected chi connectivity index (χ3v) is 3.82. The van der Waals surface area contributed by atoms with E-state index < -0.39 is 41.1 Å². The van der Waals surface area contributed by atoms with Crippen LogP contribution in [0.2, 0.25) is 0 Å². The van der Waals surface area contributed by atoms with Crippen molar-refractivity contribution in [3.63, 3.8) is 0 Å². The number of carbonyl (C=O) groups is 2. The number of hydrogen-bond donors (Lipinski definition) is 1. The zero-order valence-electron chi connectivity index (χ0n) is 13.9. The van der Waals surface area contributed by atoms with Gasteiger partial charge >= 0.3 is 12.1 Å². The van der Waals surface area contributed by atoms with Crippen LogP contribution in [0.25, 0.3) is 0 Å². The number of rotatable bonds is 5. The number of alkyl halides is 3. The maximum absolute atomic E-state index is 13.5. The van der Waals surface area contributed by atoms with Crippen molar-refractivity contribution in [2.45, 2.75) is 12.3 Å². The molecule has 0 aromatic heterocycles. The molecule has 1 saturated heterocycles. The topological polar surface area (TPSA) is 70.1 Å². The SMILES string of the molecule is CN(CC(=O)O)C[C@H]1CN(C(=O)c2cc(F)cc(C(F)(F)F)c2)CCO1. The van der Waals surface area contributed by atoms with Crippen LogP contribution < -0.4 is 0 Å². The first-order valence-corrected chi connectivity index (χ1v) is 7.75. The van der Waals surface area contributed by atoms with E-state index in [1.807, 2.05) is 0 Å². The van der Waals surface area contributed by atoms with Crippen LogP contribution in [0.4, 0.5) is 17.6 Å². The highest BCUT2D eigenvalue weighted by atomic mass is 19.4. The Morgan fingerprint density at radius 3 is 2.65 bits per heavy atom.